The minimum absolute atomic E-state index is 0.0673. The Morgan fingerprint density at radius 1 is 1.29 bits per heavy atom. The molecule has 0 saturated carbocycles. The fourth-order valence-corrected chi connectivity index (χ4v) is 3.75. The molecule has 5 nitrogen and oxygen atoms in total. The molecule has 1 atom stereocenters. The molecule has 1 heterocycles. The molecule has 1 amide bonds. The van der Waals surface area contributed by atoms with Crippen molar-refractivity contribution < 1.29 is 26.4 Å². The highest BCUT2D eigenvalue weighted by Gasteiger charge is 2.35. The van der Waals surface area contributed by atoms with Gasteiger partial charge in [0.2, 0.25) is 5.91 Å². The van der Waals surface area contributed by atoms with E-state index >= 15 is 0 Å². The van der Waals surface area contributed by atoms with Crippen molar-refractivity contribution in [2.24, 2.45) is 0 Å². The van der Waals surface area contributed by atoms with E-state index in [1.165, 1.54) is 12.1 Å². The summed E-state index contributed by atoms with van der Waals surface area (Å²) >= 11 is 0. The van der Waals surface area contributed by atoms with E-state index in [0.29, 0.717) is 25.2 Å². The van der Waals surface area contributed by atoms with Crippen LogP contribution in [-0.2, 0) is 21.1 Å². The summed E-state index contributed by atoms with van der Waals surface area (Å²) in [5.41, 5.74) is 0.566. The minimum Gasteiger partial charge on any atom is -0.337 e. The molecule has 0 aliphatic carbocycles. The molecule has 2 rings (SSSR count). The molecule has 0 aromatic heterocycles. The van der Waals surface area contributed by atoms with Gasteiger partial charge in [-0.1, -0.05) is 12.1 Å². The molecule has 0 spiro atoms. The molecule has 1 aliphatic rings. The fourth-order valence-electron chi connectivity index (χ4n) is 2.60. The predicted octanol–water partition coefficient (Wildman–Crippen LogP) is 1.39. The second kappa shape index (κ2) is 7.10. The Morgan fingerprint density at radius 2 is 1.92 bits per heavy atom. The molecule has 1 aliphatic heterocycles. The molecule has 1 fully saturated rings. The summed E-state index contributed by atoms with van der Waals surface area (Å²) in [5, 5.41) is 3.17. The first-order valence-electron chi connectivity index (χ1n) is 7.47. The Kier molecular flexibility index (Phi) is 5.54. The molecule has 0 bridgehead atoms. The van der Waals surface area contributed by atoms with Crippen LogP contribution in [0.15, 0.2) is 29.2 Å². The number of piperazine rings is 1. The van der Waals surface area contributed by atoms with Crippen LogP contribution in [-0.4, -0.2) is 56.8 Å². The lowest BCUT2D eigenvalue weighted by atomic mass is 10.1. The molecule has 0 radical (unpaired) electrons. The van der Waals surface area contributed by atoms with Gasteiger partial charge in [0.25, 0.3) is 0 Å². The van der Waals surface area contributed by atoms with Crippen molar-refractivity contribution in [1.29, 1.82) is 0 Å². The average molecular weight is 364 g/mol. The number of hydrogen-bond acceptors (Lipinski definition) is 4. The van der Waals surface area contributed by atoms with E-state index in [1.807, 2.05) is 6.92 Å². The number of benzene rings is 1. The zero-order chi connectivity index (χ0) is 18.0. The summed E-state index contributed by atoms with van der Waals surface area (Å²) in [5.74, 6) is -1.98. The third-order valence-electron chi connectivity index (χ3n) is 3.81. The summed E-state index contributed by atoms with van der Waals surface area (Å²) in [6.45, 7) is 3.94. The molecule has 1 aromatic rings. The minimum atomic E-state index is -4.79. The van der Waals surface area contributed by atoms with Gasteiger partial charge in [0.15, 0.2) is 15.6 Å². The maximum atomic E-state index is 12.3. The van der Waals surface area contributed by atoms with Crippen LogP contribution in [0.5, 0.6) is 0 Å². The summed E-state index contributed by atoms with van der Waals surface area (Å²) in [6.07, 6.45) is -4.70. The second-order valence-corrected chi connectivity index (χ2v) is 7.82. The van der Waals surface area contributed by atoms with E-state index in [1.54, 1.807) is 4.90 Å². The Bertz CT molecular complexity index is 687. The van der Waals surface area contributed by atoms with E-state index in [4.69, 9.17) is 0 Å². The van der Waals surface area contributed by atoms with E-state index in [9.17, 15) is 26.4 Å². The molecule has 1 aromatic carbocycles. The number of carbonyl (C=O) groups excluding carboxylic acids is 1. The largest absolute Gasteiger partial charge is 0.403 e. The highest BCUT2D eigenvalue weighted by molar-refractivity contribution is 7.91. The van der Waals surface area contributed by atoms with Crippen molar-refractivity contribution in [1.82, 2.24) is 10.2 Å². The second-order valence-electron chi connectivity index (χ2n) is 5.84. The van der Waals surface area contributed by atoms with Gasteiger partial charge in [-0.15, -0.1) is 0 Å². The smallest absolute Gasteiger partial charge is 0.337 e. The SMILES string of the molecule is C[C@H]1CNCCN1C(=O)Cc1ccc(S(=O)(=O)CC(F)(F)F)cc1. The average Bonchev–Trinajstić information content (AvgIpc) is 2.45. The summed E-state index contributed by atoms with van der Waals surface area (Å²) in [6, 6.07) is 5.07. The van der Waals surface area contributed by atoms with Crippen molar-refractivity contribution in [3.05, 3.63) is 29.8 Å². The van der Waals surface area contributed by atoms with Gasteiger partial charge in [-0.3, -0.25) is 4.79 Å². The summed E-state index contributed by atoms with van der Waals surface area (Å²) in [7, 11) is -4.42. The van der Waals surface area contributed by atoms with Crippen molar-refractivity contribution >= 4 is 15.7 Å². The van der Waals surface area contributed by atoms with Gasteiger partial charge in [0.05, 0.1) is 11.3 Å². The van der Waals surface area contributed by atoms with Crippen molar-refractivity contribution in [3.63, 3.8) is 0 Å². The molecule has 1 saturated heterocycles. The van der Waals surface area contributed by atoms with Gasteiger partial charge in [-0.05, 0) is 24.6 Å². The number of amides is 1. The lowest BCUT2D eigenvalue weighted by Gasteiger charge is -2.34. The molecule has 0 unspecified atom stereocenters. The molecular formula is C15H19F3N2O3S. The summed E-state index contributed by atoms with van der Waals surface area (Å²) < 4.78 is 60.2. The lowest BCUT2D eigenvalue weighted by molar-refractivity contribution is -0.133. The van der Waals surface area contributed by atoms with E-state index < -0.39 is 26.7 Å². The highest BCUT2D eigenvalue weighted by atomic mass is 32.2. The summed E-state index contributed by atoms with van der Waals surface area (Å²) in [4.78, 5) is 13.6. The zero-order valence-electron chi connectivity index (χ0n) is 13.1. The third kappa shape index (κ3) is 4.94. The number of hydrogen-bond donors (Lipinski definition) is 1. The van der Waals surface area contributed by atoms with E-state index in [-0.39, 0.29) is 18.4 Å². The number of nitrogens with one attached hydrogen (secondary N) is 1. The number of sulfone groups is 1. The molecule has 24 heavy (non-hydrogen) atoms. The Balaban J connectivity index is 2.05. The van der Waals surface area contributed by atoms with Crippen LogP contribution >= 0.6 is 0 Å². The first-order valence-corrected chi connectivity index (χ1v) is 9.12. The topological polar surface area (TPSA) is 66.5 Å². The van der Waals surface area contributed by atoms with Gasteiger partial charge in [-0.25, -0.2) is 8.42 Å². The van der Waals surface area contributed by atoms with Crippen molar-refractivity contribution in [2.75, 3.05) is 25.4 Å². The van der Waals surface area contributed by atoms with E-state index in [0.717, 1.165) is 12.1 Å². The first-order chi connectivity index (χ1) is 11.1. The van der Waals surface area contributed by atoms with Crippen LogP contribution in [0.25, 0.3) is 0 Å². The van der Waals surface area contributed by atoms with Crippen molar-refractivity contribution in [3.8, 4) is 0 Å². The lowest BCUT2D eigenvalue weighted by Crippen LogP contribution is -2.52. The molecule has 9 heteroatoms. The molecule has 134 valence electrons. The third-order valence-corrected chi connectivity index (χ3v) is 5.51. The van der Waals surface area contributed by atoms with Crippen LogP contribution in [0.2, 0.25) is 0 Å². The van der Waals surface area contributed by atoms with Gasteiger partial charge < -0.3 is 10.2 Å². The zero-order valence-corrected chi connectivity index (χ0v) is 14.0. The Hall–Kier alpha value is -1.61. The normalized spacial score (nSPS) is 19.3. The van der Waals surface area contributed by atoms with Crippen LogP contribution in [0, 0.1) is 0 Å². The van der Waals surface area contributed by atoms with Crippen molar-refractivity contribution in [2.45, 2.75) is 30.5 Å². The van der Waals surface area contributed by atoms with Crippen LogP contribution in [0.1, 0.15) is 12.5 Å². The number of halogens is 3. The Morgan fingerprint density at radius 3 is 2.46 bits per heavy atom. The van der Waals surface area contributed by atoms with Gasteiger partial charge in [-0.2, -0.15) is 13.2 Å². The Labute approximate surface area is 138 Å². The predicted molar refractivity (Wildman–Crippen MR) is 82.3 cm³/mol. The number of alkyl halides is 3. The van der Waals surface area contributed by atoms with Gasteiger partial charge in [0, 0.05) is 25.7 Å². The number of rotatable bonds is 4. The maximum Gasteiger partial charge on any atom is 0.403 e. The van der Waals surface area contributed by atoms with Gasteiger partial charge >= 0.3 is 6.18 Å². The molecule has 1 N–H and O–H groups in total. The first kappa shape index (κ1) is 18.7. The van der Waals surface area contributed by atoms with Crippen LogP contribution in [0.3, 0.4) is 0 Å². The monoisotopic (exact) mass is 364 g/mol. The van der Waals surface area contributed by atoms with Crippen LogP contribution < -0.4 is 5.32 Å². The number of carbonyl (C=O) groups is 1. The molecular weight excluding hydrogens is 345 g/mol. The van der Waals surface area contributed by atoms with E-state index in [2.05, 4.69) is 5.32 Å². The maximum absolute atomic E-state index is 12.3. The number of nitrogens with zero attached hydrogens (tertiary/aromatic N) is 1. The highest BCUT2D eigenvalue weighted by Crippen LogP contribution is 2.23. The fraction of sp³-hybridized carbons (Fsp3) is 0.533. The standard InChI is InChI=1S/C15H19F3N2O3S/c1-11-9-19-6-7-20(11)14(21)8-12-2-4-13(5-3-12)24(22,23)10-15(16,17)18/h2-5,11,19H,6-10H2,1H3/t11-/m0/s1. The van der Waals surface area contributed by atoms with Crippen LogP contribution in [0.4, 0.5) is 13.2 Å². The van der Waals surface area contributed by atoms with Gasteiger partial charge in [0.1, 0.15) is 0 Å². The quantitative estimate of drug-likeness (QED) is 0.877.